The number of fused-ring (bicyclic) bond motifs is 3. The molecule has 5 heteroatoms. The molecule has 1 heterocycles. The summed E-state index contributed by atoms with van der Waals surface area (Å²) in [6, 6.07) is 15.9. The first-order valence-corrected chi connectivity index (χ1v) is 10.5. The molecule has 5 nitrogen and oxygen atoms in total. The number of hydrogen-bond acceptors (Lipinski definition) is 4. The van der Waals surface area contributed by atoms with E-state index in [0.717, 1.165) is 12.0 Å². The van der Waals surface area contributed by atoms with Crippen LogP contribution in [0.4, 0.5) is 4.79 Å². The minimum absolute atomic E-state index is 0.00650. The molecular formula is C25H27NO4. The van der Waals surface area contributed by atoms with Gasteiger partial charge >= 0.3 is 12.1 Å². The van der Waals surface area contributed by atoms with E-state index in [0.29, 0.717) is 13.0 Å². The van der Waals surface area contributed by atoms with Crippen LogP contribution in [0.1, 0.15) is 43.7 Å². The first-order valence-electron chi connectivity index (χ1n) is 10.5. The smallest absolute Gasteiger partial charge is 0.410 e. The van der Waals surface area contributed by atoms with Crippen LogP contribution in [0.25, 0.3) is 11.1 Å². The Labute approximate surface area is 177 Å². The van der Waals surface area contributed by atoms with Crippen LogP contribution in [0.2, 0.25) is 0 Å². The predicted octanol–water partition coefficient (Wildman–Crippen LogP) is 4.91. The molecule has 2 aliphatic rings. The molecule has 0 N–H and O–H groups in total. The number of carbonyl (C=O) groups is 2. The molecule has 0 unspecified atom stereocenters. The van der Waals surface area contributed by atoms with Gasteiger partial charge in [0.05, 0.1) is 0 Å². The minimum atomic E-state index is -0.564. The summed E-state index contributed by atoms with van der Waals surface area (Å²) in [7, 11) is 0. The molecule has 0 aromatic heterocycles. The molecule has 0 saturated carbocycles. The Morgan fingerprint density at radius 2 is 1.63 bits per heavy atom. The fraction of sp³-hybridized carbons (Fsp3) is 0.360. The highest BCUT2D eigenvalue weighted by molar-refractivity contribution is 5.82. The summed E-state index contributed by atoms with van der Waals surface area (Å²) in [4.78, 5) is 26.7. The standard InChI is InChI=1S/C25H27NO4/c1-17(2)13-15-29-24(27)23-12-7-14-26(23)25(28)30-16-22-20-10-5-3-8-18(20)19-9-4-6-11-21(19)22/h3-6,8-11,13,22-23H,7,12,14-16H2,1-2H3/t23-/m0/s1. The van der Waals surface area contributed by atoms with Gasteiger partial charge in [0, 0.05) is 12.5 Å². The molecule has 1 amide bonds. The van der Waals surface area contributed by atoms with E-state index in [-0.39, 0.29) is 25.1 Å². The Kier molecular flexibility index (Phi) is 5.88. The summed E-state index contributed by atoms with van der Waals surface area (Å²) >= 11 is 0. The molecule has 0 bridgehead atoms. The van der Waals surface area contributed by atoms with Crippen LogP contribution < -0.4 is 0 Å². The zero-order valence-corrected chi connectivity index (χ0v) is 17.5. The van der Waals surface area contributed by atoms with Gasteiger partial charge in [0.25, 0.3) is 0 Å². The van der Waals surface area contributed by atoms with E-state index >= 15 is 0 Å². The van der Waals surface area contributed by atoms with Gasteiger partial charge in [-0.2, -0.15) is 0 Å². The number of esters is 1. The van der Waals surface area contributed by atoms with Gasteiger partial charge in [-0.05, 0) is 55.0 Å². The molecule has 1 aliphatic heterocycles. The zero-order valence-electron chi connectivity index (χ0n) is 17.5. The number of allylic oxidation sites excluding steroid dienone is 1. The average molecular weight is 405 g/mol. The highest BCUT2D eigenvalue weighted by Gasteiger charge is 2.37. The van der Waals surface area contributed by atoms with Crippen molar-refractivity contribution in [2.45, 2.75) is 38.6 Å². The Morgan fingerprint density at radius 1 is 1.00 bits per heavy atom. The van der Waals surface area contributed by atoms with Crippen LogP contribution in [-0.4, -0.2) is 42.8 Å². The number of ether oxygens (including phenoxy) is 2. The van der Waals surface area contributed by atoms with E-state index in [1.165, 1.54) is 27.2 Å². The molecule has 0 spiro atoms. The van der Waals surface area contributed by atoms with Crippen molar-refractivity contribution in [2.75, 3.05) is 19.8 Å². The molecule has 1 aliphatic carbocycles. The maximum atomic E-state index is 12.8. The highest BCUT2D eigenvalue weighted by Crippen LogP contribution is 2.44. The summed E-state index contributed by atoms with van der Waals surface area (Å²) in [6.07, 6.45) is 2.79. The van der Waals surface area contributed by atoms with Gasteiger partial charge in [-0.15, -0.1) is 0 Å². The largest absolute Gasteiger partial charge is 0.460 e. The Balaban J connectivity index is 1.42. The van der Waals surface area contributed by atoms with E-state index in [1.807, 2.05) is 44.2 Å². The summed E-state index contributed by atoms with van der Waals surface area (Å²) in [5.41, 5.74) is 5.81. The van der Waals surface area contributed by atoms with Crippen molar-refractivity contribution in [3.63, 3.8) is 0 Å². The lowest BCUT2D eigenvalue weighted by Gasteiger charge is -2.23. The van der Waals surface area contributed by atoms with Crippen LogP contribution >= 0.6 is 0 Å². The third-order valence-electron chi connectivity index (χ3n) is 5.81. The summed E-state index contributed by atoms with van der Waals surface area (Å²) < 4.78 is 11.0. The first kappa shape index (κ1) is 20.2. The number of carbonyl (C=O) groups excluding carboxylic acids is 2. The fourth-order valence-electron chi connectivity index (χ4n) is 4.29. The minimum Gasteiger partial charge on any atom is -0.460 e. The third-order valence-corrected chi connectivity index (χ3v) is 5.81. The molecule has 156 valence electrons. The van der Waals surface area contributed by atoms with Gasteiger partial charge in [0.2, 0.25) is 0 Å². The third kappa shape index (κ3) is 3.97. The number of likely N-dealkylation sites (tertiary alicyclic amines) is 1. The van der Waals surface area contributed by atoms with E-state index in [1.54, 1.807) is 0 Å². The van der Waals surface area contributed by atoms with Crippen molar-refractivity contribution in [3.8, 4) is 11.1 Å². The normalized spacial score (nSPS) is 17.3. The Bertz CT molecular complexity index is 931. The van der Waals surface area contributed by atoms with Crippen LogP contribution in [-0.2, 0) is 14.3 Å². The van der Waals surface area contributed by atoms with Gasteiger partial charge in [-0.25, -0.2) is 9.59 Å². The number of nitrogens with zero attached hydrogens (tertiary/aromatic N) is 1. The molecule has 4 rings (SSSR count). The molecular weight excluding hydrogens is 378 g/mol. The Morgan fingerprint density at radius 3 is 2.27 bits per heavy atom. The average Bonchev–Trinajstić information content (AvgIpc) is 3.35. The van der Waals surface area contributed by atoms with E-state index in [4.69, 9.17) is 9.47 Å². The second-order valence-corrected chi connectivity index (χ2v) is 8.07. The first-order chi connectivity index (χ1) is 14.6. The quantitative estimate of drug-likeness (QED) is 0.524. The number of benzene rings is 2. The monoisotopic (exact) mass is 405 g/mol. The lowest BCUT2D eigenvalue weighted by Crippen LogP contribution is -2.42. The van der Waals surface area contributed by atoms with Crippen LogP contribution in [0, 0.1) is 0 Å². The second kappa shape index (κ2) is 8.74. The summed E-state index contributed by atoms with van der Waals surface area (Å²) in [6.45, 7) is 4.90. The molecule has 1 atom stereocenters. The van der Waals surface area contributed by atoms with Crippen molar-refractivity contribution in [1.29, 1.82) is 0 Å². The summed E-state index contributed by atoms with van der Waals surface area (Å²) in [5, 5.41) is 0. The lowest BCUT2D eigenvalue weighted by molar-refractivity contribution is -0.147. The van der Waals surface area contributed by atoms with Gasteiger partial charge in [-0.1, -0.05) is 54.1 Å². The predicted molar refractivity (Wildman–Crippen MR) is 115 cm³/mol. The molecule has 2 aromatic carbocycles. The topological polar surface area (TPSA) is 55.8 Å². The van der Waals surface area contributed by atoms with Gasteiger partial charge in [-0.3, -0.25) is 4.90 Å². The number of hydrogen-bond donors (Lipinski definition) is 0. The van der Waals surface area contributed by atoms with Crippen LogP contribution in [0.15, 0.2) is 60.2 Å². The molecule has 2 aromatic rings. The number of amides is 1. The zero-order chi connectivity index (χ0) is 21.1. The second-order valence-electron chi connectivity index (χ2n) is 8.07. The van der Waals surface area contributed by atoms with E-state index in [9.17, 15) is 9.59 Å². The molecule has 0 radical (unpaired) electrons. The van der Waals surface area contributed by atoms with Crippen molar-refractivity contribution >= 4 is 12.1 Å². The van der Waals surface area contributed by atoms with Crippen molar-refractivity contribution < 1.29 is 19.1 Å². The van der Waals surface area contributed by atoms with E-state index in [2.05, 4.69) is 24.3 Å². The Hall–Kier alpha value is -3.08. The number of rotatable bonds is 5. The van der Waals surface area contributed by atoms with Crippen LogP contribution in [0.3, 0.4) is 0 Å². The highest BCUT2D eigenvalue weighted by atomic mass is 16.6. The van der Waals surface area contributed by atoms with Crippen molar-refractivity contribution in [3.05, 3.63) is 71.3 Å². The fourth-order valence-corrected chi connectivity index (χ4v) is 4.29. The van der Waals surface area contributed by atoms with Crippen LogP contribution in [0.5, 0.6) is 0 Å². The summed E-state index contributed by atoms with van der Waals surface area (Å²) in [5.74, 6) is -0.356. The van der Waals surface area contributed by atoms with Crippen molar-refractivity contribution in [2.24, 2.45) is 0 Å². The van der Waals surface area contributed by atoms with Crippen molar-refractivity contribution in [1.82, 2.24) is 4.90 Å². The molecule has 30 heavy (non-hydrogen) atoms. The maximum Gasteiger partial charge on any atom is 0.410 e. The molecule has 1 saturated heterocycles. The SMILES string of the molecule is CC(C)=CCOC(=O)[C@@H]1CCCN1C(=O)OCC1c2ccccc2-c2ccccc21. The van der Waals surface area contributed by atoms with Gasteiger partial charge in [0.15, 0.2) is 0 Å². The van der Waals surface area contributed by atoms with Gasteiger partial charge in [0.1, 0.15) is 19.3 Å². The maximum absolute atomic E-state index is 12.8. The lowest BCUT2D eigenvalue weighted by atomic mass is 9.98. The molecule has 1 fully saturated rings. The van der Waals surface area contributed by atoms with E-state index < -0.39 is 12.1 Å². The van der Waals surface area contributed by atoms with Gasteiger partial charge < -0.3 is 9.47 Å².